The fraction of sp³-hybridized carbons (Fsp3) is 0.273. The summed E-state index contributed by atoms with van der Waals surface area (Å²) in [5.41, 5.74) is 0.376. The van der Waals surface area contributed by atoms with Crippen LogP contribution in [0.3, 0.4) is 0 Å². The second kappa shape index (κ2) is 3.90. The van der Waals surface area contributed by atoms with Crippen LogP contribution in [-0.4, -0.2) is 14.2 Å². The molecule has 1 aromatic carbocycles. The van der Waals surface area contributed by atoms with E-state index in [2.05, 4.69) is 0 Å². The first-order valence-electron chi connectivity index (χ1n) is 4.88. The van der Waals surface area contributed by atoms with Crippen molar-refractivity contribution in [2.75, 3.05) is 5.75 Å². The Kier molecular flexibility index (Phi) is 2.71. The molecule has 1 aromatic heterocycles. The summed E-state index contributed by atoms with van der Waals surface area (Å²) in [6, 6.07) is 5.76. The maximum atomic E-state index is 12.9. The van der Waals surface area contributed by atoms with Crippen molar-refractivity contribution in [3.63, 3.8) is 0 Å². The predicted octanol–water partition coefficient (Wildman–Crippen LogP) is 2.51. The fourth-order valence-corrected chi connectivity index (χ4v) is 2.23. The molecule has 0 aliphatic heterocycles. The lowest BCUT2D eigenvalue weighted by Gasteiger charge is -1.95. The van der Waals surface area contributed by atoms with Gasteiger partial charge in [-0.05, 0) is 18.2 Å². The Bertz CT molecular complexity index is 613. The zero-order valence-electron chi connectivity index (χ0n) is 8.73. The highest BCUT2D eigenvalue weighted by Gasteiger charge is 2.13. The summed E-state index contributed by atoms with van der Waals surface area (Å²) >= 11 is 0. The molecule has 86 valence electrons. The SMILES string of the molecule is CCS(=O)(=O)Cc1cc2ccc(F)cc2o1. The molecule has 3 nitrogen and oxygen atoms in total. The van der Waals surface area contributed by atoms with Gasteiger partial charge in [0.15, 0.2) is 9.84 Å². The quantitative estimate of drug-likeness (QED) is 0.830. The fourth-order valence-electron chi connectivity index (χ4n) is 1.45. The maximum Gasteiger partial charge on any atom is 0.157 e. The van der Waals surface area contributed by atoms with Crippen LogP contribution in [0.5, 0.6) is 0 Å². The van der Waals surface area contributed by atoms with E-state index in [1.54, 1.807) is 19.1 Å². The number of rotatable bonds is 3. The third-order valence-corrected chi connectivity index (χ3v) is 3.94. The third-order valence-electron chi connectivity index (χ3n) is 2.34. The number of benzene rings is 1. The molecule has 0 spiro atoms. The first-order valence-corrected chi connectivity index (χ1v) is 6.71. The van der Waals surface area contributed by atoms with E-state index in [1.807, 2.05) is 0 Å². The van der Waals surface area contributed by atoms with Crippen LogP contribution in [0, 0.1) is 5.82 Å². The summed E-state index contributed by atoms with van der Waals surface area (Å²) in [5.74, 6) is -0.118. The van der Waals surface area contributed by atoms with Crippen molar-refractivity contribution in [3.05, 3.63) is 35.8 Å². The molecule has 0 amide bonds. The van der Waals surface area contributed by atoms with E-state index in [9.17, 15) is 12.8 Å². The average Bonchev–Trinajstić information content (AvgIpc) is 2.58. The summed E-state index contributed by atoms with van der Waals surface area (Å²) in [7, 11) is -3.12. The van der Waals surface area contributed by atoms with E-state index in [4.69, 9.17) is 4.42 Å². The third kappa shape index (κ3) is 2.24. The van der Waals surface area contributed by atoms with Gasteiger partial charge in [0.1, 0.15) is 22.9 Å². The van der Waals surface area contributed by atoms with E-state index in [1.165, 1.54) is 12.1 Å². The van der Waals surface area contributed by atoms with Gasteiger partial charge in [-0.3, -0.25) is 0 Å². The second-order valence-electron chi connectivity index (χ2n) is 3.57. The smallest absolute Gasteiger partial charge is 0.157 e. The molecule has 0 bridgehead atoms. The van der Waals surface area contributed by atoms with Gasteiger partial charge in [0.05, 0.1) is 0 Å². The van der Waals surface area contributed by atoms with Gasteiger partial charge in [-0.25, -0.2) is 12.8 Å². The molecule has 2 rings (SSSR count). The lowest BCUT2D eigenvalue weighted by atomic mass is 10.2. The molecule has 0 saturated carbocycles. The minimum absolute atomic E-state index is 0.0679. The molecule has 0 saturated heterocycles. The highest BCUT2D eigenvalue weighted by molar-refractivity contribution is 7.90. The second-order valence-corrected chi connectivity index (χ2v) is 5.92. The summed E-state index contributed by atoms with van der Waals surface area (Å²) < 4.78 is 40.9. The van der Waals surface area contributed by atoms with Crippen molar-refractivity contribution in [1.82, 2.24) is 0 Å². The van der Waals surface area contributed by atoms with Crippen molar-refractivity contribution in [2.24, 2.45) is 0 Å². The van der Waals surface area contributed by atoms with Crippen LogP contribution in [0.4, 0.5) is 4.39 Å². The zero-order chi connectivity index (χ0) is 11.8. The van der Waals surface area contributed by atoms with Crippen LogP contribution in [0.1, 0.15) is 12.7 Å². The maximum absolute atomic E-state index is 12.9. The standard InChI is InChI=1S/C11H11FO3S/c1-2-16(13,14)7-10-5-8-3-4-9(12)6-11(8)15-10/h3-6H,2,7H2,1H3. The summed E-state index contributed by atoms with van der Waals surface area (Å²) in [6.45, 7) is 1.58. The molecule has 0 atom stereocenters. The Morgan fingerprint density at radius 1 is 1.31 bits per heavy atom. The number of halogens is 1. The molecule has 0 unspecified atom stereocenters. The molecule has 0 aliphatic rings. The van der Waals surface area contributed by atoms with Gasteiger partial charge in [-0.2, -0.15) is 0 Å². The molecule has 1 heterocycles. The molecule has 0 radical (unpaired) electrons. The van der Waals surface area contributed by atoms with Gasteiger partial charge in [-0.1, -0.05) is 6.92 Å². The van der Waals surface area contributed by atoms with E-state index in [-0.39, 0.29) is 11.5 Å². The first kappa shape index (κ1) is 11.1. The van der Waals surface area contributed by atoms with Gasteiger partial charge in [0.2, 0.25) is 0 Å². The van der Waals surface area contributed by atoms with Crippen LogP contribution >= 0.6 is 0 Å². The van der Waals surface area contributed by atoms with Gasteiger partial charge in [0.25, 0.3) is 0 Å². The monoisotopic (exact) mass is 242 g/mol. The highest BCUT2D eigenvalue weighted by Crippen LogP contribution is 2.21. The molecular weight excluding hydrogens is 231 g/mol. The van der Waals surface area contributed by atoms with Gasteiger partial charge >= 0.3 is 0 Å². The summed E-state index contributed by atoms with van der Waals surface area (Å²) in [6.07, 6.45) is 0. The number of hydrogen-bond acceptors (Lipinski definition) is 3. The minimum atomic E-state index is -3.12. The summed E-state index contributed by atoms with van der Waals surface area (Å²) in [5, 5.41) is 0.711. The Morgan fingerprint density at radius 2 is 2.06 bits per heavy atom. The lowest BCUT2D eigenvalue weighted by Crippen LogP contribution is -2.05. The Hall–Kier alpha value is -1.36. The Labute approximate surface area is 92.8 Å². The molecule has 2 aromatic rings. The number of sulfone groups is 1. The molecular formula is C11H11FO3S. The molecule has 0 fully saturated rings. The van der Waals surface area contributed by atoms with E-state index in [0.717, 1.165) is 0 Å². The van der Waals surface area contributed by atoms with Crippen LogP contribution < -0.4 is 0 Å². The minimum Gasteiger partial charge on any atom is -0.460 e. The van der Waals surface area contributed by atoms with Gasteiger partial charge in [0, 0.05) is 17.2 Å². The average molecular weight is 242 g/mol. The molecule has 5 heteroatoms. The van der Waals surface area contributed by atoms with Crippen LogP contribution in [0.15, 0.2) is 28.7 Å². The van der Waals surface area contributed by atoms with Crippen molar-refractivity contribution in [3.8, 4) is 0 Å². The molecule has 0 N–H and O–H groups in total. The number of fused-ring (bicyclic) bond motifs is 1. The van der Waals surface area contributed by atoms with Crippen molar-refractivity contribution < 1.29 is 17.2 Å². The zero-order valence-corrected chi connectivity index (χ0v) is 9.55. The topological polar surface area (TPSA) is 47.3 Å². The predicted molar refractivity (Wildman–Crippen MR) is 59.3 cm³/mol. The van der Waals surface area contributed by atoms with Crippen LogP contribution in [0.25, 0.3) is 11.0 Å². The van der Waals surface area contributed by atoms with Gasteiger partial charge in [-0.15, -0.1) is 0 Å². The van der Waals surface area contributed by atoms with Gasteiger partial charge < -0.3 is 4.42 Å². The van der Waals surface area contributed by atoms with Crippen molar-refractivity contribution in [2.45, 2.75) is 12.7 Å². The van der Waals surface area contributed by atoms with Crippen LogP contribution in [-0.2, 0) is 15.6 Å². The van der Waals surface area contributed by atoms with Crippen molar-refractivity contribution in [1.29, 1.82) is 0 Å². The normalized spacial score (nSPS) is 12.1. The molecule has 0 aliphatic carbocycles. The van der Waals surface area contributed by atoms with Crippen molar-refractivity contribution >= 4 is 20.8 Å². The highest BCUT2D eigenvalue weighted by atomic mass is 32.2. The van der Waals surface area contributed by atoms with E-state index < -0.39 is 15.7 Å². The lowest BCUT2D eigenvalue weighted by molar-refractivity contribution is 0.551. The van der Waals surface area contributed by atoms with E-state index >= 15 is 0 Å². The Balaban J connectivity index is 2.40. The summed E-state index contributed by atoms with van der Waals surface area (Å²) in [4.78, 5) is 0. The number of hydrogen-bond donors (Lipinski definition) is 0. The van der Waals surface area contributed by atoms with Crippen LogP contribution in [0.2, 0.25) is 0 Å². The van der Waals surface area contributed by atoms with E-state index in [0.29, 0.717) is 16.7 Å². The largest absolute Gasteiger partial charge is 0.460 e. The Morgan fingerprint density at radius 3 is 2.75 bits per heavy atom. The molecule has 16 heavy (non-hydrogen) atoms. The first-order chi connectivity index (χ1) is 7.50. The number of furan rings is 1.